The van der Waals surface area contributed by atoms with Gasteiger partial charge in [-0.3, -0.25) is 14.5 Å². The van der Waals surface area contributed by atoms with Gasteiger partial charge in [-0.05, 0) is 43.6 Å². The third-order valence-corrected chi connectivity index (χ3v) is 7.33. The first-order valence-corrected chi connectivity index (χ1v) is 11.8. The van der Waals surface area contributed by atoms with Gasteiger partial charge in [0, 0.05) is 31.1 Å². The van der Waals surface area contributed by atoms with Gasteiger partial charge in [0.2, 0.25) is 0 Å². The molecule has 1 amide bonds. The molecule has 12 heteroatoms. The van der Waals surface area contributed by atoms with E-state index < -0.39 is 54.2 Å². The van der Waals surface area contributed by atoms with Crippen LogP contribution in [0.2, 0.25) is 0 Å². The molecule has 6 nitrogen and oxygen atoms in total. The number of carbonyl (C=O) groups excluding carboxylic acids is 3. The average Bonchev–Trinajstić information content (AvgIpc) is 3.53. The second kappa shape index (κ2) is 9.77. The predicted molar refractivity (Wildman–Crippen MR) is 118 cm³/mol. The summed E-state index contributed by atoms with van der Waals surface area (Å²) < 4.78 is 80.9. The molecule has 2 aliphatic carbocycles. The maximum absolute atomic E-state index is 13.5. The Labute approximate surface area is 209 Å². The fraction of sp³-hybridized carbons (Fsp3) is 0.560. The molecule has 0 unspecified atom stereocenters. The second-order valence-electron chi connectivity index (χ2n) is 10.1. The zero-order chi connectivity index (χ0) is 27.2. The number of hydrogen-bond acceptors (Lipinski definition) is 5. The Hall–Kier alpha value is -2.89. The fourth-order valence-corrected chi connectivity index (χ4v) is 5.68. The van der Waals surface area contributed by atoms with Crippen LogP contribution in [-0.2, 0) is 25.5 Å². The Morgan fingerprint density at radius 2 is 1.68 bits per heavy atom. The van der Waals surface area contributed by atoms with Gasteiger partial charge in [0.05, 0.1) is 6.54 Å². The number of nitrogens with zero attached hydrogens (tertiary/aromatic N) is 2. The van der Waals surface area contributed by atoms with E-state index in [1.54, 1.807) is 0 Å². The van der Waals surface area contributed by atoms with Crippen LogP contribution in [0.5, 0.6) is 0 Å². The van der Waals surface area contributed by atoms with Crippen LogP contribution in [0, 0.1) is 11.3 Å². The normalized spacial score (nSPS) is 23.7. The largest absolute Gasteiger partial charge is 0.491 e. The lowest BCUT2D eigenvalue weighted by molar-refractivity contribution is -0.204. The van der Waals surface area contributed by atoms with Crippen LogP contribution in [0.3, 0.4) is 0 Å². The monoisotopic (exact) mass is 532 g/mol. The molecule has 2 atom stereocenters. The van der Waals surface area contributed by atoms with E-state index in [4.69, 9.17) is 0 Å². The topological polar surface area (TPSA) is 66.9 Å². The van der Waals surface area contributed by atoms with Crippen molar-refractivity contribution >= 4 is 17.8 Å². The predicted octanol–water partition coefficient (Wildman–Crippen LogP) is 4.05. The third kappa shape index (κ3) is 6.00. The van der Waals surface area contributed by atoms with E-state index >= 15 is 0 Å². The highest BCUT2D eigenvalue weighted by molar-refractivity contribution is 5.89. The van der Waals surface area contributed by atoms with Crippen LogP contribution in [-0.4, -0.2) is 71.7 Å². The summed E-state index contributed by atoms with van der Waals surface area (Å²) in [6.07, 6.45) is -6.76. The minimum absolute atomic E-state index is 0.160. The molecule has 1 aliphatic heterocycles. The minimum atomic E-state index is -5.28. The molecule has 1 heterocycles. The highest BCUT2D eigenvalue weighted by Crippen LogP contribution is 2.54. The number of ether oxygens (including phenoxy) is 1. The van der Waals surface area contributed by atoms with Gasteiger partial charge in [0.15, 0.2) is 0 Å². The molecule has 37 heavy (non-hydrogen) atoms. The Bertz CT molecular complexity index is 1070. The van der Waals surface area contributed by atoms with Crippen molar-refractivity contribution < 1.29 is 45.5 Å². The number of alkyl halides is 6. The first-order chi connectivity index (χ1) is 17.2. The number of hydrogen-bond donors (Lipinski definition) is 0. The van der Waals surface area contributed by atoms with E-state index in [2.05, 4.69) is 4.74 Å². The van der Waals surface area contributed by atoms with Crippen LogP contribution in [0.4, 0.5) is 26.3 Å². The van der Waals surface area contributed by atoms with Crippen LogP contribution in [0.25, 0.3) is 0 Å². The molecule has 0 bridgehead atoms. The molecule has 1 spiro atoms. The summed E-state index contributed by atoms with van der Waals surface area (Å²) in [5.74, 6) is -5.96. The quantitative estimate of drug-likeness (QED) is 0.230. The molecular weight excluding hydrogens is 506 g/mol. The average molecular weight is 532 g/mol. The van der Waals surface area contributed by atoms with Gasteiger partial charge in [-0.15, -0.1) is 0 Å². The van der Waals surface area contributed by atoms with E-state index in [0.29, 0.717) is 25.7 Å². The Morgan fingerprint density at radius 3 is 2.22 bits per heavy atom. The molecule has 1 aromatic carbocycles. The van der Waals surface area contributed by atoms with Gasteiger partial charge in [0.1, 0.15) is 0 Å². The molecular formula is C25H26F6N2O4. The number of likely N-dealkylation sites (tertiary alicyclic amines) is 1. The van der Waals surface area contributed by atoms with Gasteiger partial charge in [-0.25, -0.2) is 4.79 Å². The summed E-state index contributed by atoms with van der Waals surface area (Å²) in [6, 6.07) is 8.36. The van der Waals surface area contributed by atoms with Crippen molar-refractivity contribution in [3.8, 4) is 0 Å². The molecule has 2 saturated carbocycles. The van der Waals surface area contributed by atoms with Gasteiger partial charge >= 0.3 is 30.2 Å². The smallest absolute Gasteiger partial charge is 0.385 e. The van der Waals surface area contributed by atoms with Gasteiger partial charge < -0.3 is 9.64 Å². The molecule has 0 radical (unpaired) electrons. The van der Waals surface area contributed by atoms with Crippen LogP contribution >= 0.6 is 0 Å². The van der Waals surface area contributed by atoms with Crippen LogP contribution in [0.15, 0.2) is 42.0 Å². The molecule has 1 saturated heterocycles. The van der Waals surface area contributed by atoms with Crippen molar-refractivity contribution in [1.29, 1.82) is 0 Å². The van der Waals surface area contributed by atoms with E-state index in [1.165, 1.54) is 4.90 Å². The van der Waals surface area contributed by atoms with E-state index in [1.807, 2.05) is 43.3 Å². The zero-order valence-electron chi connectivity index (χ0n) is 19.9. The van der Waals surface area contributed by atoms with Crippen molar-refractivity contribution in [2.24, 2.45) is 11.3 Å². The lowest BCUT2D eigenvalue weighted by Crippen LogP contribution is -2.68. The fourth-order valence-electron chi connectivity index (χ4n) is 5.68. The number of rotatable bonds is 7. The van der Waals surface area contributed by atoms with E-state index in [0.717, 1.165) is 16.0 Å². The Kier molecular flexibility index (Phi) is 7.17. The highest BCUT2D eigenvalue weighted by atomic mass is 19.4. The number of esters is 2. The number of allylic oxidation sites excluding steroid dienone is 1. The number of carbonyl (C=O) groups is 3. The maximum atomic E-state index is 13.5. The zero-order valence-corrected chi connectivity index (χ0v) is 19.9. The maximum Gasteiger partial charge on any atom is 0.491 e. The summed E-state index contributed by atoms with van der Waals surface area (Å²) in [7, 11) is 0. The third-order valence-electron chi connectivity index (χ3n) is 7.33. The van der Waals surface area contributed by atoms with Crippen molar-refractivity contribution in [2.75, 3.05) is 19.6 Å². The summed E-state index contributed by atoms with van der Waals surface area (Å²) in [6.45, 7) is 1.82. The Balaban J connectivity index is 1.34. The lowest BCUT2D eigenvalue weighted by atomic mass is 9.60. The van der Waals surface area contributed by atoms with E-state index in [-0.39, 0.29) is 19.0 Å². The van der Waals surface area contributed by atoms with E-state index in [9.17, 15) is 40.7 Å². The molecule has 3 aliphatic rings. The minimum Gasteiger partial charge on any atom is -0.385 e. The molecule has 4 rings (SSSR count). The first-order valence-electron chi connectivity index (χ1n) is 11.8. The molecule has 202 valence electrons. The second-order valence-corrected chi connectivity index (χ2v) is 10.1. The standard InChI is InChI=1S/C25H26F6N2O4/c1-2-16(8-15-6-4-3-5-7-15)18-9-19(18)33(21(35)24(26,27)28)17-10-23(11-17)13-32(14-23)12-20(34)37-22(36)25(29,30)31/h2-7,17-19H,8-14H2,1H3/b16-2+/t18-,19+/m1/s1. The lowest BCUT2D eigenvalue weighted by Gasteiger charge is -2.61. The van der Waals surface area contributed by atoms with Gasteiger partial charge in [-0.1, -0.05) is 42.0 Å². The highest BCUT2D eigenvalue weighted by Gasteiger charge is 2.61. The number of amides is 1. The summed E-state index contributed by atoms with van der Waals surface area (Å²) in [5.41, 5.74) is 1.59. The summed E-state index contributed by atoms with van der Waals surface area (Å²) in [5, 5.41) is 0. The van der Waals surface area contributed by atoms with Crippen molar-refractivity contribution in [2.45, 2.75) is 57.0 Å². The SMILES string of the molecule is C/C=C(\Cc1ccccc1)[C@H]1C[C@@H]1N(C(=O)C(F)(F)F)C1CC2(C1)CN(CC(=O)OC(=O)C(F)(F)F)C2. The molecule has 1 aromatic rings. The molecule has 3 fully saturated rings. The summed E-state index contributed by atoms with van der Waals surface area (Å²) in [4.78, 5) is 37.2. The van der Waals surface area contributed by atoms with Crippen LogP contribution < -0.4 is 0 Å². The van der Waals surface area contributed by atoms with Crippen molar-refractivity contribution in [3.63, 3.8) is 0 Å². The first kappa shape index (κ1) is 27.2. The van der Waals surface area contributed by atoms with Crippen molar-refractivity contribution in [1.82, 2.24) is 9.80 Å². The van der Waals surface area contributed by atoms with Crippen molar-refractivity contribution in [3.05, 3.63) is 47.5 Å². The summed E-state index contributed by atoms with van der Waals surface area (Å²) >= 11 is 0. The van der Waals surface area contributed by atoms with Gasteiger partial charge in [-0.2, -0.15) is 26.3 Å². The van der Waals surface area contributed by atoms with Gasteiger partial charge in [0.25, 0.3) is 0 Å². The number of benzene rings is 1. The van der Waals surface area contributed by atoms with Crippen LogP contribution in [0.1, 0.15) is 31.7 Å². The Morgan fingerprint density at radius 1 is 1.05 bits per heavy atom. The number of halogens is 6. The molecule has 0 aromatic heterocycles. The molecule has 0 N–H and O–H groups in total.